The normalized spacial score (nSPS) is 12.6. The van der Waals surface area contributed by atoms with Crippen molar-refractivity contribution < 1.29 is 8.42 Å². The molecule has 0 spiro atoms. The lowest BCUT2D eigenvalue weighted by Crippen LogP contribution is -2.19. The number of aliphatic imine (C=N–C) groups is 1. The second kappa shape index (κ2) is 7.62. The van der Waals surface area contributed by atoms with Crippen molar-refractivity contribution in [3.63, 3.8) is 0 Å². The molecule has 2 rings (SSSR count). The van der Waals surface area contributed by atoms with E-state index >= 15 is 0 Å². The molecular formula is C16H18ClN5O2S. The van der Waals surface area contributed by atoms with Crippen LogP contribution in [-0.2, 0) is 10.0 Å². The van der Waals surface area contributed by atoms with E-state index in [1.807, 2.05) is 32.0 Å². The minimum absolute atomic E-state index is 0.118. The van der Waals surface area contributed by atoms with Gasteiger partial charge in [-0.15, -0.1) is 0 Å². The summed E-state index contributed by atoms with van der Waals surface area (Å²) in [6.07, 6.45) is 2.06. The van der Waals surface area contributed by atoms with E-state index in [2.05, 4.69) is 19.7 Å². The third kappa shape index (κ3) is 4.34. The number of hydrogen-bond donors (Lipinski definition) is 2. The number of anilines is 1. The molecular weight excluding hydrogens is 362 g/mol. The highest BCUT2D eigenvalue weighted by Gasteiger charge is 2.19. The summed E-state index contributed by atoms with van der Waals surface area (Å²) in [4.78, 5) is 11.7. The Morgan fingerprint density at radius 2 is 1.92 bits per heavy atom. The second-order valence-electron chi connectivity index (χ2n) is 5.23. The Labute approximate surface area is 151 Å². The van der Waals surface area contributed by atoms with Crippen molar-refractivity contribution in [1.82, 2.24) is 9.97 Å². The quantitative estimate of drug-likeness (QED) is 0.612. The summed E-state index contributed by atoms with van der Waals surface area (Å²) in [6, 6.07) is 7.40. The van der Waals surface area contributed by atoms with E-state index in [-0.39, 0.29) is 16.0 Å². The van der Waals surface area contributed by atoms with Crippen molar-refractivity contribution >= 4 is 33.8 Å². The summed E-state index contributed by atoms with van der Waals surface area (Å²) in [5, 5.41) is 0.118. The molecule has 0 amide bonds. The standard InChI is InChI=1S/C16H18ClN5O2S/c1-10-5-4-6-11(2)15(10)13-7-14(17)21-16(20-13)22-25(23,24)12(8-18)9-19-3/h4-9H,18H2,1-3H3,(H,20,21,22). The van der Waals surface area contributed by atoms with Gasteiger partial charge in [0, 0.05) is 31.1 Å². The van der Waals surface area contributed by atoms with Crippen LogP contribution in [0.5, 0.6) is 0 Å². The number of benzene rings is 1. The zero-order valence-corrected chi connectivity index (χ0v) is 15.6. The lowest BCUT2D eigenvalue weighted by atomic mass is 10.00. The molecule has 0 bridgehead atoms. The van der Waals surface area contributed by atoms with Crippen molar-refractivity contribution in [2.75, 3.05) is 11.8 Å². The third-order valence-electron chi connectivity index (χ3n) is 3.39. The Bertz CT molecular complexity index is 935. The molecule has 0 atom stereocenters. The fourth-order valence-electron chi connectivity index (χ4n) is 2.32. The minimum atomic E-state index is -3.97. The number of hydrogen-bond acceptors (Lipinski definition) is 6. The highest BCUT2D eigenvalue weighted by Crippen LogP contribution is 2.28. The largest absolute Gasteiger partial charge is 0.403 e. The van der Waals surface area contributed by atoms with E-state index in [9.17, 15) is 8.42 Å². The van der Waals surface area contributed by atoms with Gasteiger partial charge in [-0.05, 0) is 25.0 Å². The predicted octanol–water partition coefficient (Wildman–Crippen LogP) is 2.66. The average Bonchev–Trinajstić information content (AvgIpc) is 2.51. The lowest BCUT2D eigenvalue weighted by molar-refractivity contribution is 0.608. The second-order valence-corrected chi connectivity index (χ2v) is 7.30. The maximum absolute atomic E-state index is 12.3. The van der Waals surface area contributed by atoms with Gasteiger partial charge in [0.05, 0.1) is 5.69 Å². The Morgan fingerprint density at radius 3 is 2.48 bits per heavy atom. The van der Waals surface area contributed by atoms with E-state index in [1.165, 1.54) is 7.05 Å². The highest BCUT2D eigenvalue weighted by atomic mass is 35.5. The van der Waals surface area contributed by atoms with Gasteiger partial charge in [0.25, 0.3) is 10.0 Å². The molecule has 2 aromatic rings. The summed E-state index contributed by atoms with van der Waals surface area (Å²) < 4.78 is 27.0. The summed E-state index contributed by atoms with van der Waals surface area (Å²) in [5.74, 6) is -0.144. The molecule has 0 saturated heterocycles. The lowest BCUT2D eigenvalue weighted by Gasteiger charge is -2.12. The number of nitrogens with one attached hydrogen (secondary N) is 1. The summed E-state index contributed by atoms with van der Waals surface area (Å²) in [7, 11) is -2.53. The smallest absolute Gasteiger partial charge is 0.267 e. The van der Waals surface area contributed by atoms with Crippen LogP contribution in [0.15, 0.2) is 40.4 Å². The Kier molecular flexibility index (Phi) is 5.76. The molecule has 3 N–H and O–H groups in total. The van der Waals surface area contributed by atoms with E-state index in [1.54, 1.807) is 6.07 Å². The maximum atomic E-state index is 12.3. The van der Waals surface area contributed by atoms with Crippen LogP contribution in [-0.4, -0.2) is 31.6 Å². The van der Waals surface area contributed by atoms with Crippen molar-refractivity contribution in [2.24, 2.45) is 10.7 Å². The Balaban J connectivity index is 2.51. The number of nitrogens with zero attached hydrogens (tertiary/aromatic N) is 3. The van der Waals surface area contributed by atoms with Gasteiger partial charge in [0.15, 0.2) is 0 Å². The van der Waals surface area contributed by atoms with Crippen LogP contribution in [0.4, 0.5) is 5.95 Å². The molecule has 7 nitrogen and oxygen atoms in total. The number of allylic oxidation sites excluding steroid dienone is 1. The van der Waals surface area contributed by atoms with Crippen molar-refractivity contribution in [2.45, 2.75) is 13.8 Å². The highest BCUT2D eigenvalue weighted by molar-refractivity contribution is 7.97. The molecule has 1 aromatic heterocycles. The van der Waals surface area contributed by atoms with Crippen LogP contribution in [0.25, 0.3) is 11.3 Å². The van der Waals surface area contributed by atoms with Crippen molar-refractivity contribution in [3.8, 4) is 11.3 Å². The number of nitrogens with two attached hydrogens (primary N) is 1. The van der Waals surface area contributed by atoms with Crippen LogP contribution in [0.3, 0.4) is 0 Å². The first-order valence-corrected chi connectivity index (χ1v) is 9.12. The van der Waals surface area contributed by atoms with Gasteiger partial charge in [-0.2, -0.15) is 0 Å². The molecule has 25 heavy (non-hydrogen) atoms. The van der Waals surface area contributed by atoms with Crippen LogP contribution in [0.2, 0.25) is 5.15 Å². The van der Waals surface area contributed by atoms with E-state index in [4.69, 9.17) is 17.3 Å². The average molecular weight is 380 g/mol. The summed E-state index contributed by atoms with van der Waals surface area (Å²) >= 11 is 6.06. The van der Waals surface area contributed by atoms with Crippen LogP contribution in [0.1, 0.15) is 11.1 Å². The number of sulfonamides is 1. The minimum Gasteiger partial charge on any atom is -0.403 e. The molecule has 9 heteroatoms. The molecule has 0 radical (unpaired) electrons. The van der Waals surface area contributed by atoms with Gasteiger partial charge in [-0.3, -0.25) is 4.99 Å². The third-order valence-corrected chi connectivity index (χ3v) is 4.90. The van der Waals surface area contributed by atoms with Crippen LogP contribution >= 0.6 is 11.6 Å². The van der Waals surface area contributed by atoms with E-state index in [0.29, 0.717) is 5.69 Å². The molecule has 0 unspecified atom stereocenters. The van der Waals surface area contributed by atoms with Gasteiger partial charge in [0.1, 0.15) is 10.1 Å². The molecule has 0 aliphatic rings. The first kappa shape index (κ1) is 18.9. The monoisotopic (exact) mass is 379 g/mol. The summed E-state index contributed by atoms with van der Waals surface area (Å²) in [6.45, 7) is 3.88. The zero-order valence-electron chi connectivity index (χ0n) is 14.0. The fourth-order valence-corrected chi connectivity index (χ4v) is 3.37. The molecule has 0 aliphatic heterocycles. The van der Waals surface area contributed by atoms with Gasteiger partial charge >= 0.3 is 0 Å². The van der Waals surface area contributed by atoms with Crippen molar-refractivity contribution in [1.29, 1.82) is 0 Å². The first-order chi connectivity index (χ1) is 11.8. The molecule has 0 fully saturated rings. The van der Waals surface area contributed by atoms with Crippen LogP contribution in [0, 0.1) is 13.8 Å². The van der Waals surface area contributed by atoms with Gasteiger partial charge < -0.3 is 5.73 Å². The van der Waals surface area contributed by atoms with E-state index < -0.39 is 10.0 Å². The van der Waals surface area contributed by atoms with Gasteiger partial charge in [-0.1, -0.05) is 29.8 Å². The topological polar surface area (TPSA) is 110 Å². The Hall–Kier alpha value is -2.45. The summed E-state index contributed by atoms with van der Waals surface area (Å²) in [5.41, 5.74) is 8.73. The Morgan fingerprint density at radius 1 is 1.28 bits per heavy atom. The zero-order chi connectivity index (χ0) is 18.6. The number of rotatable bonds is 5. The molecule has 132 valence electrons. The van der Waals surface area contributed by atoms with Crippen LogP contribution < -0.4 is 10.5 Å². The van der Waals surface area contributed by atoms with Gasteiger partial charge in [0.2, 0.25) is 5.95 Å². The maximum Gasteiger partial charge on any atom is 0.267 e. The number of aryl methyl sites for hydroxylation is 2. The molecule has 0 saturated carbocycles. The first-order valence-electron chi connectivity index (χ1n) is 7.26. The predicted molar refractivity (Wildman–Crippen MR) is 101 cm³/mol. The van der Waals surface area contributed by atoms with Gasteiger partial charge in [-0.25, -0.2) is 23.1 Å². The SMILES string of the molecule is CN=CC(=CN)S(=O)(=O)Nc1nc(Cl)cc(-c2c(C)cccc2C)n1. The van der Waals surface area contributed by atoms with E-state index in [0.717, 1.165) is 29.1 Å². The molecule has 1 aromatic carbocycles. The fraction of sp³-hybridized carbons (Fsp3) is 0.188. The number of aromatic nitrogens is 2. The molecule has 1 heterocycles. The molecule has 0 aliphatic carbocycles. The number of halogens is 1. The van der Waals surface area contributed by atoms with Crippen molar-refractivity contribution in [3.05, 3.63) is 51.7 Å².